The van der Waals surface area contributed by atoms with E-state index in [0.717, 1.165) is 23.8 Å². The molecule has 0 radical (unpaired) electrons. The third-order valence-electron chi connectivity index (χ3n) is 4.43. The SMILES string of the molecule is CCOC(=O)CN=C1C=C(N2C(=O)C3=C(CCCC3)C2=O)C(F)=CC1Cl. The Balaban J connectivity index is 1.88. The van der Waals surface area contributed by atoms with Crippen LogP contribution >= 0.6 is 11.6 Å². The van der Waals surface area contributed by atoms with E-state index in [2.05, 4.69) is 4.99 Å². The highest BCUT2D eigenvalue weighted by atomic mass is 35.5. The van der Waals surface area contributed by atoms with Crippen molar-refractivity contribution in [3.05, 3.63) is 34.8 Å². The highest BCUT2D eigenvalue weighted by molar-refractivity contribution is 6.36. The number of nitrogens with zero attached hydrogens (tertiary/aromatic N) is 2. The van der Waals surface area contributed by atoms with Crippen LogP contribution in [-0.2, 0) is 19.1 Å². The minimum absolute atomic E-state index is 0.186. The molecule has 2 amide bonds. The molecule has 0 saturated carbocycles. The number of hydrogen-bond acceptors (Lipinski definition) is 5. The molecule has 1 atom stereocenters. The van der Waals surface area contributed by atoms with Gasteiger partial charge in [-0.1, -0.05) is 0 Å². The molecule has 0 bridgehead atoms. The zero-order valence-electron chi connectivity index (χ0n) is 14.3. The highest BCUT2D eigenvalue weighted by Gasteiger charge is 2.42. The summed E-state index contributed by atoms with van der Waals surface area (Å²) < 4.78 is 19.3. The molecule has 26 heavy (non-hydrogen) atoms. The first-order valence-electron chi connectivity index (χ1n) is 8.48. The standard InChI is InChI=1S/C18H18ClFN2O4/c1-2-26-16(23)9-21-14-8-15(13(20)7-12(14)19)22-17(24)10-5-3-4-6-11(10)18(22)25/h7-8,12H,2-6,9H2,1H3. The van der Waals surface area contributed by atoms with E-state index in [9.17, 15) is 18.8 Å². The van der Waals surface area contributed by atoms with Crippen molar-refractivity contribution >= 4 is 35.1 Å². The van der Waals surface area contributed by atoms with Crippen molar-refractivity contribution in [2.45, 2.75) is 38.0 Å². The normalized spacial score (nSPS) is 24.7. The smallest absolute Gasteiger partial charge is 0.327 e. The summed E-state index contributed by atoms with van der Waals surface area (Å²) in [4.78, 5) is 41.6. The van der Waals surface area contributed by atoms with Gasteiger partial charge in [0.2, 0.25) is 0 Å². The Bertz CT molecular complexity index is 769. The fourth-order valence-electron chi connectivity index (χ4n) is 3.21. The van der Waals surface area contributed by atoms with Crippen LogP contribution in [-0.4, -0.2) is 46.9 Å². The topological polar surface area (TPSA) is 76.0 Å². The zero-order chi connectivity index (χ0) is 18.8. The fourth-order valence-corrected chi connectivity index (χ4v) is 3.46. The van der Waals surface area contributed by atoms with Gasteiger partial charge in [-0.05, 0) is 44.8 Å². The average molecular weight is 381 g/mol. The molecule has 6 nitrogen and oxygen atoms in total. The van der Waals surface area contributed by atoms with Gasteiger partial charge in [0.05, 0.1) is 23.4 Å². The Hall–Kier alpha value is -2.28. The first kappa shape index (κ1) is 18.5. The molecule has 0 aromatic rings. The summed E-state index contributed by atoms with van der Waals surface area (Å²) in [6.07, 6.45) is 5.03. The monoisotopic (exact) mass is 380 g/mol. The van der Waals surface area contributed by atoms with Crippen LogP contribution in [0.3, 0.4) is 0 Å². The number of alkyl halides is 1. The minimum atomic E-state index is -0.899. The number of esters is 1. The Morgan fingerprint density at radius 2 is 1.92 bits per heavy atom. The number of amides is 2. The molecule has 1 heterocycles. The second-order valence-corrected chi connectivity index (χ2v) is 6.57. The zero-order valence-corrected chi connectivity index (χ0v) is 15.0. The van der Waals surface area contributed by atoms with Gasteiger partial charge in [-0.3, -0.25) is 19.4 Å². The molecule has 3 aliphatic rings. The van der Waals surface area contributed by atoms with Gasteiger partial charge in [-0.25, -0.2) is 9.29 Å². The maximum Gasteiger partial charge on any atom is 0.327 e. The van der Waals surface area contributed by atoms with Gasteiger partial charge in [0.1, 0.15) is 12.4 Å². The van der Waals surface area contributed by atoms with Crippen molar-refractivity contribution in [2.75, 3.05) is 13.2 Å². The van der Waals surface area contributed by atoms with Crippen LogP contribution in [0.4, 0.5) is 4.39 Å². The van der Waals surface area contributed by atoms with Gasteiger partial charge >= 0.3 is 5.97 Å². The predicted octanol–water partition coefficient (Wildman–Crippen LogP) is 2.59. The molecule has 0 saturated heterocycles. The summed E-state index contributed by atoms with van der Waals surface area (Å²) in [7, 11) is 0. The highest BCUT2D eigenvalue weighted by Crippen LogP contribution is 2.37. The number of carbonyl (C=O) groups is 3. The van der Waals surface area contributed by atoms with Crippen LogP contribution in [0.15, 0.2) is 39.8 Å². The Labute approximate surface area is 155 Å². The lowest BCUT2D eigenvalue weighted by molar-refractivity contribution is -0.141. The molecule has 3 rings (SSSR count). The molecule has 2 aliphatic carbocycles. The van der Waals surface area contributed by atoms with E-state index in [1.807, 2.05) is 0 Å². The fraction of sp³-hybridized carbons (Fsp3) is 0.444. The number of halogens is 2. The number of carbonyl (C=O) groups excluding carboxylic acids is 3. The van der Waals surface area contributed by atoms with Crippen molar-refractivity contribution in [3.8, 4) is 0 Å². The van der Waals surface area contributed by atoms with E-state index in [0.29, 0.717) is 24.0 Å². The van der Waals surface area contributed by atoms with Crippen molar-refractivity contribution in [1.82, 2.24) is 4.90 Å². The van der Waals surface area contributed by atoms with Gasteiger partial charge in [0.25, 0.3) is 11.8 Å². The Morgan fingerprint density at radius 1 is 1.31 bits per heavy atom. The number of aliphatic imine (C=N–C) groups is 1. The van der Waals surface area contributed by atoms with E-state index >= 15 is 0 Å². The van der Waals surface area contributed by atoms with Crippen LogP contribution < -0.4 is 0 Å². The van der Waals surface area contributed by atoms with E-state index in [4.69, 9.17) is 16.3 Å². The molecule has 0 aromatic carbocycles. The second-order valence-electron chi connectivity index (χ2n) is 6.10. The van der Waals surface area contributed by atoms with E-state index in [1.165, 1.54) is 6.08 Å². The van der Waals surface area contributed by atoms with Crippen molar-refractivity contribution in [2.24, 2.45) is 4.99 Å². The minimum Gasteiger partial charge on any atom is -0.465 e. The molecule has 0 aromatic heterocycles. The average Bonchev–Trinajstić information content (AvgIpc) is 2.86. The number of rotatable bonds is 4. The lowest BCUT2D eigenvalue weighted by atomic mass is 9.93. The van der Waals surface area contributed by atoms with Crippen LogP contribution in [0.25, 0.3) is 0 Å². The maximum absolute atomic E-state index is 14.5. The first-order valence-corrected chi connectivity index (χ1v) is 8.92. The van der Waals surface area contributed by atoms with Crippen LogP contribution in [0.1, 0.15) is 32.6 Å². The van der Waals surface area contributed by atoms with Crippen LogP contribution in [0, 0.1) is 0 Å². The van der Waals surface area contributed by atoms with Crippen molar-refractivity contribution in [1.29, 1.82) is 0 Å². The van der Waals surface area contributed by atoms with Gasteiger partial charge < -0.3 is 4.74 Å². The van der Waals surface area contributed by atoms with E-state index in [1.54, 1.807) is 6.92 Å². The van der Waals surface area contributed by atoms with Gasteiger partial charge in [-0.2, -0.15) is 0 Å². The number of imide groups is 1. The Morgan fingerprint density at radius 3 is 2.50 bits per heavy atom. The predicted molar refractivity (Wildman–Crippen MR) is 93.2 cm³/mol. The van der Waals surface area contributed by atoms with Gasteiger partial charge in [0, 0.05) is 11.1 Å². The molecule has 1 unspecified atom stereocenters. The summed E-state index contributed by atoms with van der Waals surface area (Å²) >= 11 is 6.06. The largest absolute Gasteiger partial charge is 0.465 e. The molecular formula is C18H18ClFN2O4. The maximum atomic E-state index is 14.5. The molecule has 0 N–H and O–H groups in total. The number of ether oxygens (including phenoxy) is 1. The second kappa shape index (κ2) is 7.53. The molecule has 138 valence electrons. The quantitative estimate of drug-likeness (QED) is 0.427. The molecular weight excluding hydrogens is 363 g/mol. The molecule has 0 spiro atoms. The summed E-state index contributed by atoms with van der Waals surface area (Å²) in [5.41, 5.74) is 0.941. The van der Waals surface area contributed by atoms with Gasteiger partial charge in [0.15, 0.2) is 0 Å². The van der Waals surface area contributed by atoms with Crippen molar-refractivity contribution in [3.63, 3.8) is 0 Å². The Kier molecular flexibility index (Phi) is 5.36. The molecule has 1 aliphatic heterocycles. The lowest BCUT2D eigenvalue weighted by Crippen LogP contribution is -2.34. The summed E-state index contributed by atoms with van der Waals surface area (Å²) in [5.74, 6) is -2.28. The number of hydrogen-bond donors (Lipinski definition) is 0. The third kappa shape index (κ3) is 3.35. The van der Waals surface area contributed by atoms with Gasteiger partial charge in [-0.15, -0.1) is 11.6 Å². The summed E-state index contributed by atoms with van der Waals surface area (Å²) in [6.45, 7) is 1.62. The lowest BCUT2D eigenvalue weighted by Gasteiger charge is -2.22. The summed E-state index contributed by atoms with van der Waals surface area (Å²) in [6, 6.07) is 0. The number of allylic oxidation sites excluding steroid dienone is 3. The van der Waals surface area contributed by atoms with E-state index in [-0.39, 0.29) is 24.6 Å². The van der Waals surface area contributed by atoms with Crippen molar-refractivity contribution < 1.29 is 23.5 Å². The summed E-state index contributed by atoms with van der Waals surface area (Å²) in [5, 5.41) is -0.899. The van der Waals surface area contributed by atoms with Crippen LogP contribution in [0.2, 0.25) is 0 Å². The molecule has 0 fully saturated rings. The van der Waals surface area contributed by atoms with E-state index < -0.39 is 29.0 Å². The molecule has 8 heteroatoms. The first-order chi connectivity index (χ1) is 12.4. The van der Waals surface area contributed by atoms with Crippen LogP contribution in [0.5, 0.6) is 0 Å². The third-order valence-corrected chi connectivity index (χ3v) is 4.78.